The number of hydrogen-bond acceptors (Lipinski definition) is 4. The number of benzene rings is 2. The second kappa shape index (κ2) is 8.53. The van der Waals surface area contributed by atoms with Gasteiger partial charge < -0.3 is 14.4 Å². The average Bonchev–Trinajstić information content (AvgIpc) is 2.85. The normalized spacial score (nSPS) is 16.7. The number of ether oxygens (including phenoxy) is 2. The first-order chi connectivity index (χ1) is 13.1. The van der Waals surface area contributed by atoms with E-state index in [1.54, 1.807) is 20.3 Å². The van der Waals surface area contributed by atoms with Gasteiger partial charge in [0.1, 0.15) is 0 Å². The standard InChI is InChI=1S/C22H25NO3S/c1-5-8-16-13-17(14-19(25-3)21(16)26-4)22(24)23-12-11-15(2)27-20-10-7-6-9-18(20)23/h5-10,13-15H,11-12H2,1-4H3/b8-5+. The Balaban J connectivity index is 2.07. The Kier molecular flexibility index (Phi) is 6.11. The molecule has 1 unspecified atom stereocenters. The summed E-state index contributed by atoms with van der Waals surface area (Å²) in [4.78, 5) is 16.5. The maximum absolute atomic E-state index is 13.4. The van der Waals surface area contributed by atoms with E-state index in [1.165, 1.54) is 0 Å². The number of rotatable bonds is 4. The molecule has 0 saturated heterocycles. The number of hydrogen-bond donors (Lipinski definition) is 0. The van der Waals surface area contributed by atoms with Crippen LogP contribution in [0, 0.1) is 0 Å². The van der Waals surface area contributed by atoms with Crippen LogP contribution in [0.1, 0.15) is 36.2 Å². The fourth-order valence-electron chi connectivity index (χ4n) is 3.27. The zero-order chi connectivity index (χ0) is 19.4. The summed E-state index contributed by atoms with van der Waals surface area (Å²) in [6, 6.07) is 11.7. The van der Waals surface area contributed by atoms with E-state index < -0.39 is 0 Å². The topological polar surface area (TPSA) is 38.8 Å². The van der Waals surface area contributed by atoms with Crippen LogP contribution in [-0.4, -0.2) is 31.9 Å². The Morgan fingerprint density at radius 3 is 2.70 bits per heavy atom. The molecule has 0 aromatic heterocycles. The average molecular weight is 384 g/mol. The van der Waals surface area contributed by atoms with Crippen molar-refractivity contribution in [1.82, 2.24) is 0 Å². The number of carbonyl (C=O) groups excluding carboxylic acids is 1. The molecule has 0 fully saturated rings. The fraction of sp³-hybridized carbons (Fsp3) is 0.318. The summed E-state index contributed by atoms with van der Waals surface area (Å²) in [6.07, 6.45) is 4.79. The van der Waals surface area contributed by atoms with E-state index in [-0.39, 0.29) is 5.91 Å². The van der Waals surface area contributed by atoms with E-state index in [4.69, 9.17) is 9.47 Å². The number of nitrogens with zero attached hydrogens (tertiary/aromatic N) is 1. The summed E-state index contributed by atoms with van der Waals surface area (Å²) in [5.74, 6) is 1.17. The van der Waals surface area contributed by atoms with Crippen LogP contribution in [0.4, 0.5) is 5.69 Å². The molecule has 1 amide bonds. The van der Waals surface area contributed by atoms with E-state index in [2.05, 4.69) is 13.0 Å². The Morgan fingerprint density at radius 1 is 1.22 bits per heavy atom. The van der Waals surface area contributed by atoms with Gasteiger partial charge in [-0.25, -0.2) is 0 Å². The Hall–Kier alpha value is -2.40. The zero-order valence-corrected chi connectivity index (χ0v) is 17.0. The molecular weight excluding hydrogens is 358 g/mol. The van der Waals surface area contributed by atoms with E-state index in [0.717, 1.165) is 22.6 Å². The molecule has 0 radical (unpaired) electrons. The Labute approximate surface area is 165 Å². The SMILES string of the molecule is C/C=C/c1cc(C(=O)N2CCC(C)Sc3ccccc32)cc(OC)c1OC. The van der Waals surface area contributed by atoms with Crippen LogP contribution in [0.15, 0.2) is 47.4 Å². The highest BCUT2D eigenvalue weighted by atomic mass is 32.2. The number of fused-ring (bicyclic) bond motifs is 1. The lowest BCUT2D eigenvalue weighted by atomic mass is 10.1. The molecular formula is C22H25NO3S. The molecule has 0 bridgehead atoms. The molecule has 0 spiro atoms. The highest BCUT2D eigenvalue weighted by Crippen LogP contribution is 2.39. The van der Waals surface area contributed by atoms with Crippen molar-refractivity contribution in [1.29, 1.82) is 0 Å². The minimum atomic E-state index is -0.0242. The number of methoxy groups -OCH3 is 2. The van der Waals surface area contributed by atoms with Gasteiger partial charge in [-0.05, 0) is 37.6 Å². The number of para-hydroxylation sites is 1. The number of allylic oxidation sites excluding steroid dienone is 1. The Bertz CT molecular complexity index is 863. The van der Waals surface area contributed by atoms with Crippen molar-refractivity contribution in [3.63, 3.8) is 0 Å². The quantitative estimate of drug-likeness (QED) is 0.721. The summed E-state index contributed by atoms with van der Waals surface area (Å²) in [5.41, 5.74) is 2.39. The minimum absolute atomic E-state index is 0.0242. The Morgan fingerprint density at radius 2 is 2.00 bits per heavy atom. The van der Waals surface area contributed by atoms with Gasteiger partial charge in [-0.15, -0.1) is 11.8 Å². The maximum Gasteiger partial charge on any atom is 0.258 e. The number of carbonyl (C=O) groups is 1. The van der Waals surface area contributed by atoms with Gasteiger partial charge in [0.2, 0.25) is 0 Å². The van der Waals surface area contributed by atoms with Crippen LogP contribution in [-0.2, 0) is 0 Å². The molecule has 0 saturated carbocycles. The second-order valence-electron chi connectivity index (χ2n) is 6.44. The van der Waals surface area contributed by atoms with Crippen LogP contribution in [0.5, 0.6) is 11.5 Å². The van der Waals surface area contributed by atoms with Crippen molar-refractivity contribution < 1.29 is 14.3 Å². The van der Waals surface area contributed by atoms with Gasteiger partial charge in [-0.1, -0.05) is 31.2 Å². The first kappa shape index (κ1) is 19.4. The van der Waals surface area contributed by atoms with Gasteiger partial charge >= 0.3 is 0 Å². The fourth-order valence-corrected chi connectivity index (χ4v) is 4.39. The molecule has 4 nitrogen and oxygen atoms in total. The molecule has 27 heavy (non-hydrogen) atoms. The van der Waals surface area contributed by atoms with Gasteiger partial charge in [-0.3, -0.25) is 4.79 Å². The summed E-state index contributed by atoms with van der Waals surface area (Å²) >= 11 is 1.82. The molecule has 1 aliphatic heterocycles. The molecule has 142 valence electrons. The van der Waals surface area contributed by atoms with Crippen molar-refractivity contribution in [2.75, 3.05) is 25.7 Å². The molecule has 2 aromatic rings. The molecule has 5 heteroatoms. The van der Waals surface area contributed by atoms with Crippen LogP contribution in [0.3, 0.4) is 0 Å². The largest absolute Gasteiger partial charge is 0.493 e. The molecule has 3 rings (SSSR count). The first-order valence-electron chi connectivity index (χ1n) is 9.05. The van der Waals surface area contributed by atoms with Crippen LogP contribution in [0.25, 0.3) is 6.08 Å². The van der Waals surface area contributed by atoms with Crippen molar-refractivity contribution >= 4 is 29.4 Å². The number of anilines is 1. The third-order valence-electron chi connectivity index (χ3n) is 4.59. The van der Waals surface area contributed by atoms with E-state index >= 15 is 0 Å². The summed E-state index contributed by atoms with van der Waals surface area (Å²) in [6.45, 7) is 4.83. The van der Waals surface area contributed by atoms with Crippen LogP contribution >= 0.6 is 11.8 Å². The first-order valence-corrected chi connectivity index (χ1v) is 9.93. The molecule has 1 atom stereocenters. The van der Waals surface area contributed by atoms with E-state index in [1.807, 2.05) is 60.0 Å². The van der Waals surface area contributed by atoms with Crippen molar-refractivity contribution in [3.05, 3.63) is 53.6 Å². The second-order valence-corrected chi connectivity index (χ2v) is 7.92. The van der Waals surface area contributed by atoms with Crippen molar-refractivity contribution in [2.45, 2.75) is 30.4 Å². The van der Waals surface area contributed by atoms with Gasteiger partial charge in [-0.2, -0.15) is 0 Å². The maximum atomic E-state index is 13.4. The van der Waals surface area contributed by atoms with Crippen LogP contribution < -0.4 is 14.4 Å². The number of thioether (sulfide) groups is 1. The van der Waals surface area contributed by atoms with Gasteiger partial charge in [0.15, 0.2) is 11.5 Å². The van der Waals surface area contributed by atoms with Gasteiger partial charge in [0.05, 0.1) is 19.9 Å². The van der Waals surface area contributed by atoms with E-state index in [0.29, 0.717) is 28.9 Å². The lowest BCUT2D eigenvalue weighted by Crippen LogP contribution is -2.32. The van der Waals surface area contributed by atoms with Crippen molar-refractivity contribution in [2.24, 2.45) is 0 Å². The minimum Gasteiger partial charge on any atom is -0.493 e. The lowest BCUT2D eigenvalue weighted by molar-refractivity contribution is 0.0986. The van der Waals surface area contributed by atoms with Gasteiger partial charge in [0, 0.05) is 27.8 Å². The summed E-state index contributed by atoms with van der Waals surface area (Å²) in [7, 11) is 3.20. The molecule has 0 aliphatic carbocycles. The smallest absolute Gasteiger partial charge is 0.258 e. The molecule has 0 N–H and O–H groups in total. The summed E-state index contributed by atoms with van der Waals surface area (Å²) in [5, 5.41) is 0.466. The summed E-state index contributed by atoms with van der Waals surface area (Å²) < 4.78 is 11.0. The van der Waals surface area contributed by atoms with Crippen LogP contribution in [0.2, 0.25) is 0 Å². The molecule has 1 heterocycles. The molecule has 2 aromatic carbocycles. The third kappa shape index (κ3) is 3.98. The predicted octanol–water partition coefficient (Wildman–Crippen LogP) is 5.27. The van der Waals surface area contributed by atoms with E-state index in [9.17, 15) is 4.79 Å². The number of amides is 1. The monoisotopic (exact) mass is 383 g/mol. The van der Waals surface area contributed by atoms with Gasteiger partial charge in [0.25, 0.3) is 5.91 Å². The molecule has 1 aliphatic rings. The third-order valence-corrected chi connectivity index (χ3v) is 5.83. The zero-order valence-electron chi connectivity index (χ0n) is 16.2. The highest BCUT2D eigenvalue weighted by molar-refractivity contribution is 8.00. The predicted molar refractivity (Wildman–Crippen MR) is 112 cm³/mol. The highest BCUT2D eigenvalue weighted by Gasteiger charge is 2.26. The van der Waals surface area contributed by atoms with Crippen molar-refractivity contribution in [3.8, 4) is 11.5 Å². The lowest BCUT2D eigenvalue weighted by Gasteiger charge is -2.23.